The predicted octanol–water partition coefficient (Wildman–Crippen LogP) is 5.30. The van der Waals surface area contributed by atoms with Crippen molar-refractivity contribution in [2.24, 2.45) is 0 Å². The van der Waals surface area contributed by atoms with Crippen molar-refractivity contribution in [2.45, 2.75) is 32.0 Å². The number of fused-ring (bicyclic) bond motifs is 1. The smallest absolute Gasteiger partial charge is 0.153 e. The Balaban J connectivity index is 1.37. The minimum atomic E-state index is 0.461. The van der Waals surface area contributed by atoms with Crippen LogP contribution in [0.3, 0.4) is 0 Å². The zero-order valence-corrected chi connectivity index (χ0v) is 15.6. The average Bonchev–Trinajstić information content (AvgIpc) is 3.48. The number of rotatable bonds is 7. The first-order valence-electron chi connectivity index (χ1n) is 9.68. The second-order valence-electron chi connectivity index (χ2n) is 7.27. The first kappa shape index (κ1) is 17.0. The van der Waals surface area contributed by atoms with Crippen molar-refractivity contribution in [3.8, 4) is 0 Å². The molecule has 5 heteroatoms. The molecule has 28 heavy (non-hydrogen) atoms. The average molecular weight is 370 g/mol. The zero-order valence-electron chi connectivity index (χ0n) is 15.6. The molecule has 140 valence electrons. The maximum Gasteiger partial charge on any atom is 0.153 e. The molecule has 0 bridgehead atoms. The highest BCUT2D eigenvalue weighted by Gasteiger charge is 2.25. The van der Waals surface area contributed by atoms with Gasteiger partial charge < -0.3 is 10.1 Å². The van der Waals surface area contributed by atoms with E-state index in [4.69, 9.17) is 9.72 Å². The van der Waals surface area contributed by atoms with Gasteiger partial charge in [0.1, 0.15) is 5.82 Å². The fourth-order valence-corrected chi connectivity index (χ4v) is 3.40. The number of anilines is 2. The van der Waals surface area contributed by atoms with E-state index in [1.54, 1.807) is 0 Å². The Morgan fingerprint density at radius 2 is 1.79 bits per heavy atom. The van der Waals surface area contributed by atoms with E-state index < -0.39 is 0 Å². The van der Waals surface area contributed by atoms with Crippen LogP contribution in [0, 0.1) is 0 Å². The zero-order chi connectivity index (χ0) is 18.8. The third kappa shape index (κ3) is 3.75. The monoisotopic (exact) mass is 370 g/mol. The van der Waals surface area contributed by atoms with Crippen LogP contribution in [0.25, 0.3) is 10.8 Å². The van der Waals surface area contributed by atoms with Gasteiger partial charge in [-0.3, -0.25) is 5.10 Å². The molecule has 1 saturated carbocycles. The number of benzene rings is 2. The van der Waals surface area contributed by atoms with Gasteiger partial charge in [0.15, 0.2) is 5.82 Å². The molecule has 2 N–H and O–H groups in total. The Bertz CT molecular complexity index is 1090. The van der Waals surface area contributed by atoms with E-state index >= 15 is 0 Å². The topological polar surface area (TPSA) is 62.8 Å². The predicted molar refractivity (Wildman–Crippen MR) is 111 cm³/mol. The number of hydrogen-bond donors (Lipinski definition) is 2. The van der Waals surface area contributed by atoms with Gasteiger partial charge in [-0.05, 0) is 29.9 Å². The van der Waals surface area contributed by atoms with Gasteiger partial charge in [0, 0.05) is 23.1 Å². The van der Waals surface area contributed by atoms with Crippen LogP contribution in [0.4, 0.5) is 11.6 Å². The maximum absolute atomic E-state index is 5.89. The lowest BCUT2D eigenvalue weighted by molar-refractivity contribution is 0.105. The van der Waals surface area contributed by atoms with Gasteiger partial charge in [-0.25, -0.2) is 4.98 Å². The Morgan fingerprint density at radius 1 is 0.964 bits per heavy atom. The molecule has 0 radical (unpaired) electrons. The molecule has 1 fully saturated rings. The molecule has 5 rings (SSSR count). The maximum atomic E-state index is 5.89. The molecule has 5 nitrogen and oxygen atoms in total. The van der Waals surface area contributed by atoms with Gasteiger partial charge in [-0.2, -0.15) is 5.10 Å². The van der Waals surface area contributed by atoms with Crippen molar-refractivity contribution in [1.29, 1.82) is 0 Å². The highest BCUT2D eigenvalue weighted by Crippen LogP contribution is 2.39. The van der Waals surface area contributed by atoms with Crippen LogP contribution < -0.4 is 5.32 Å². The van der Waals surface area contributed by atoms with Crippen molar-refractivity contribution in [3.05, 3.63) is 83.7 Å². The molecular formula is C23H22N4O. The number of ether oxygens (including phenoxy) is 1. The van der Waals surface area contributed by atoms with Crippen LogP contribution in [0.2, 0.25) is 0 Å². The molecule has 0 spiro atoms. The SMILES string of the molecule is c1ccc(COCc2cc3ccccc3c(Nc3cc(C4CC4)[nH]n3)n2)cc1. The number of hydrogen-bond acceptors (Lipinski definition) is 4. The van der Waals surface area contributed by atoms with Crippen LogP contribution in [0.15, 0.2) is 66.7 Å². The van der Waals surface area contributed by atoms with E-state index in [1.807, 2.05) is 30.3 Å². The van der Waals surface area contributed by atoms with Gasteiger partial charge in [0.05, 0.1) is 18.9 Å². The van der Waals surface area contributed by atoms with Crippen molar-refractivity contribution in [1.82, 2.24) is 15.2 Å². The van der Waals surface area contributed by atoms with Gasteiger partial charge in [0.25, 0.3) is 0 Å². The number of nitrogens with one attached hydrogen (secondary N) is 2. The van der Waals surface area contributed by atoms with E-state index in [-0.39, 0.29) is 0 Å². The molecular weight excluding hydrogens is 348 g/mol. The third-order valence-electron chi connectivity index (χ3n) is 5.02. The quantitative estimate of drug-likeness (QED) is 0.464. The summed E-state index contributed by atoms with van der Waals surface area (Å²) in [6, 6.07) is 22.6. The standard InChI is InChI=1S/C23H22N4O/c1-2-6-16(7-3-1)14-28-15-19-12-18-8-4-5-9-20(18)23(24-19)25-22-13-21(26-27-22)17-10-11-17/h1-9,12-13,17H,10-11,14-15H2,(H2,24,25,26,27). The van der Waals surface area contributed by atoms with E-state index in [1.165, 1.54) is 18.5 Å². The van der Waals surface area contributed by atoms with E-state index in [0.717, 1.165) is 33.7 Å². The molecule has 2 aromatic heterocycles. The summed E-state index contributed by atoms with van der Waals surface area (Å²) < 4.78 is 5.89. The summed E-state index contributed by atoms with van der Waals surface area (Å²) in [5, 5.41) is 13.1. The lowest BCUT2D eigenvalue weighted by atomic mass is 10.1. The van der Waals surface area contributed by atoms with Crippen LogP contribution in [-0.4, -0.2) is 15.2 Å². The minimum absolute atomic E-state index is 0.461. The molecule has 2 heterocycles. The summed E-state index contributed by atoms with van der Waals surface area (Å²) >= 11 is 0. The van der Waals surface area contributed by atoms with Crippen LogP contribution in [0.1, 0.15) is 35.7 Å². The first-order valence-corrected chi connectivity index (χ1v) is 9.68. The Kier molecular flexibility index (Phi) is 4.51. The van der Waals surface area contributed by atoms with Crippen LogP contribution in [-0.2, 0) is 18.0 Å². The van der Waals surface area contributed by atoms with Crippen molar-refractivity contribution >= 4 is 22.4 Å². The summed E-state index contributed by atoms with van der Waals surface area (Å²) in [7, 11) is 0. The molecule has 1 aliphatic carbocycles. The fourth-order valence-electron chi connectivity index (χ4n) is 3.40. The second-order valence-corrected chi connectivity index (χ2v) is 7.27. The summed E-state index contributed by atoms with van der Waals surface area (Å²) in [6.45, 7) is 1.03. The highest BCUT2D eigenvalue weighted by molar-refractivity contribution is 5.93. The Hall–Kier alpha value is -3.18. The lowest BCUT2D eigenvalue weighted by Gasteiger charge is -2.10. The molecule has 2 aromatic carbocycles. The number of aromatic amines is 1. The second kappa shape index (κ2) is 7.44. The van der Waals surface area contributed by atoms with E-state index in [9.17, 15) is 0 Å². The van der Waals surface area contributed by atoms with Gasteiger partial charge in [-0.1, -0.05) is 54.6 Å². The van der Waals surface area contributed by atoms with E-state index in [0.29, 0.717) is 19.1 Å². The van der Waals surface area contributed by atoms with Gasteiger partial charge in [-0.15, -0.1) is 0 Å². The Labute approximate surface area is 163 Å². The molecule has 0 saturated heterocycles. The third-order valence-corrected chi connectivity index (χ3v) is 5.02. The first-order chi connectivity index (χ1) is 13.8. The molecule has 0 aliphatic heterocycles. The Morgan fingerprint density at radius 3 is 2.64 bits per heavy atom. The molecule has 4 aromatic rings. The lowest BCUT2D eigenvalue weighted by Crippen LogP contribution is -2.01. The van der Waals surface area contributed by atoms with Gasteiger partial charge >= 0.3 is 0 Å². The minimum Gasteiger partial charge on any atom is -0.370 e. The van der Waals surface area contributed by atoms with E-state index in [2.05, 4.69) is 51.9 Å². The van der Waals surface area contributed by atoms with Crippen molar-refractivity contribution < 1.29 is 4.74 Å². The molecule has 0 atom stereocenters. The molecule has 0 unspecified atom stereocenters. The number of nitrogens with zero attached hydrogens (tertiary/aromatic N) is 2. The number of aromatic nitrogens is 3. The number of H-pyrrole nitrogens is 1. The molecule has 1 aliphatic rings. The summed E-state index contributed by atoms with van der Waals surface area (Å²) in [6.07, 6.45) is 2.49. The van der Waals surface area contributed by atoms with Crippen LogP contribution >= 0.6 is 0 Å². The summed E-state index contributed by atoms with van der Waals surface area (Å²) in [5.41, 5.74) is 3.26. The number of pyridine rings is 1. The largest absolute Gasteiger partial charge is 0.370 e. The summed E-state index contributed by atoms with van der Waals surface area (Å²) in [5.74, 6) is 2.26. The van der Waals surface area contributed by atoms with Gasteiger partial charge in [0.2, 0.25) is 0 Å². The summed E-state index contributed by atoms with van der Waals surface area (Å²) in [4.78, 5) is 4.81. The van der Waals surface area contributed by atoms with Crippen molar-refractivity contribution in [2.75, 3.05) is 5.32 Å². The molecule has 0 amide bonds. The normalized spacial score (nSPS) is 13.7. The highest BCUT2D eigenvalue weighted by atomic mass is 16.5. The van der Waals surface area contributed by atoms with Crippen molar-refractivity contribution in [3.63, 3.8) is 0 Å². The van der Waals surface area contributed by atoms with Crippen LogP contribution in [0.5, 0.6) is 0 Å². The fraction of sp³-hybridized carbons (Fsp3) is 0.217.